The lowest BCUT2D eigenvalue weighted by molar-refractivity contribution is 1.02. The molecule has 11 aromatic rings. The van der Waals surface area contributed by atoms with Gasteiger partial charge in [-0.15, -0.1) is 11.3 Å². The predicted molar refractivity (Wildman–Crippen MR) is 235 cm³/mol. The van der Waals surface area contributed by atoms with Gasteiger partial charge in [0.05, 0.1) is 11.0 Å². The molecule has 0 N–H and O–H groups in total. The van der Waals surface area contributed by atoms with Gasteiger partial charge < -0.3 is 4.57 Å². The van der Waals surface area contributed by atoms with Gasteiger partial charge in [0.25, 0.3) is 0 Å². The average Bonchev–Trinajstić information content (AvgIpc) is 3.91. The summed E-state index contributed by atoms with van der Waals surface area (Å²) in [6.45, 7) is 0. The number of thiophene rings is 1. The van der Waals surface area contributed by atoms with Crippen LogP contribution in [-0.4, -0.2) is 4.57 Å². The second-order valence-electron chi connectivity index (χ2n) is 14.8. The molecule has 2 heteroatoms. The summed E-state index contributed by atoms with van der Waals surface area (Å²) >= 11 is 1.91. The van der Waals surface area contributed by atoms with Crippen molar-refractivity contribution in [2.45, 2.75) is 5.92 Å². The van der Waals surface area contributed by atoms with E-state index < -0.39 is 0 Å². The Morgan fingerprint density at radius 3 is 2.00 bits per heavy atom. The molecular weight excluding hydrogens is 683 g/mol. The topological polar surface area (TPSA) is 4.93 Å². The first-order valence-corrected chi connectivity index (χ1v) is 19.9. The fraction of sp³-hybridized carbons (Fsp3) is 0.0189. The Bertz CT molecular complexity index is 3310. The van der Waals surface area contributed by atoms with Crippen molar-refractivity contribution in [2.75, 3.05) is 0 Å². The summed E-state index contributed by atoms with van der Waals surface area (Å²) < 4.78 is 5.15. The molecule has 256 valence electrons. The maximum atomic E-state index is 2.47. The summed E-state index contributed by atoms with van der Waals surface area (Å²) in [5.41, 5.74) is 15.4. The van der Waals surface area contributed by atoms with E-state index in [0.717, 1.165) is 0 Å². The summed E-state index contributed by atoms with van der Waals surface area (Å²) in [6, 6.07) is 72.1. The van der Waals surface area contributed by atoms with Crippen molar-refractivity contribution < 1.29 is 0 Å². The molecule has 0 saturated carbocycles. The Morgan fingerprint density at radius 1 is 0.400 bits per heavy atom. The molecule has 0 amide bonds. The van der Waals surface area contributed by atoms with Gasteiger partial charge in [0, 0.05) is 42.6 Å². The molecule has 1 atom stereocenters. The number of hydrogen-bond donors (Lipinski definition) is 0. The molecule has 0 saturated heterocycles. The molecule has 1 unspecified atom stereocenters. The Hall–Kier alpha value is -6.74. The van der Waals surface area contributed by atoms with Crippen molar-refractivity contribution in [3.05, 3.63) is 211 Å². The van der Waals surface area contributed by atoms with Crippen LogP contribution in [0.3, 0.4) is 0 Å². The van der Waals surface area contributed by atoms with Crippen molar-refractivity contribution >= 4 is 64.1 Å². The molecule has 9 aromatic carbocycles. The molecule has 2 heterocycles. The molecule has 55 heavy (non-hydrogen) atoms. The van der Waals surface area contributed by atoms with E-state index in [-0.39, 0.29) is 5.92 Å². The number of benzene rings is 9. The molecule has 0 radical (unpaired) electrons. The van der Waals surface area contributed by atoms with Gasteiger partial charge in [0.2, 0.25) is 0 Å². The highest BCUT2D eigenvalue weighted by atomic mass is 32.1. The van der Waals surface area contributed by atoms with Gasteiger partial charge in [0.1, 0.15) is 0 Å². The van der Waals surface area contributed by atoms with Crippen LogP contribution in [0.25, 0.3) is 91.8 Å². The van der Waals surface area contributed by atoms with Crippen molar-refractivity contribution in [1.82, 2.24) is 4.57 Å². The minimum absolute atomic E-state index is 0.203. The standard InChI is InChI=1S/C53H33NS/c1-2-10-33(11-3-1)35-18-20-36(21-19-35)51-43-16-7-6-14-41(43)46-31-38(23-26-44(46)51)39-24-28-48-47(32-39)52-49(29-27-45-42-15-8-9-17-50(42)55-53(45)52)54(48)40-25-22-34-12-4-5-13-37(34)30-40/h1-32,51H. The Labute approximate surface area is 323 Å². The van der Waals surface area contributed by atoms with Crippen LogP contribution in [-0.2, 0) is 0 Å². The Kier molecular flexibility index (Phi) is 6.63. The first-order chi connectivity index (χ1) is 27.3. The van der Waals surface area contributed by atoms with E-state index in [9.17, 15) is 0 Å². The van der Waals surface area contributed by atoms with Crippen LogP contribution in [0.5, 0.6) is 0 Å². The molecule has 2 aromatic heterocycles. The highest BCUT2D eigenvalue weighted by Gasteiger charge is 2.30. The van der Waals surface area contributed by atoms with Crippen LogP contribution in [0.4, 0.5) is 0 Å². The minimum atomic E-state index is 0.203. The molecule has 0 spiro atoms. The highest BCUT2D eigenvalue weighted by Crippen LogP contribution is 2.50. The summed E-state index contributed by atoms with van der Waals surface area (Å²) in [5, 5.41) is 7.77. The molecule has 1 nitrogen and oxygen atoms in total. The number of aromatic nitrogens is 1. The molecule has 12 rings (SSSR count). The fourth-order valence-corrected chi connectivity index (χ4v) is 10.6. The fourth-order valence-electron chi connectivity index (χ4n) is 9.30. The van der Waals surface area contributed by atoms with Gasteiger partial charge >= 0.3 is 0 Å². The zero-order valence-electron chi connectivity index (χ0n) is 29.9. The molecule has 0 aliphatic heterocycles. The van der Waals surface area contributed by atoms with E-state index in [0.29, 0.717) is 0 Å². The maximum Gasteiger partial charge on any atom is 0.0555 e. The zero-order chi connectivity index (χ0) is 36.0. The van der Waals surface area contributed by atoms with E-state index in [1.165, 1.54) is 109 Å². The van der Waals surface area contributed by atoms with Crippen LogP contribution in [0.2, 0.25) is 0 Å². The quantitative estimate of drug-likeness (QED) is 0.171. The van der Waals surface area contributed by atoms with E-state index in [1.54, 1.807) is 0 Å². The molecular formula is C53H33NS. The van der Waals surface area contributed by atoms with Crippen LogP contribution < -0.4 is 0 Å². The van der Waals surface area contributed by atoms with E-state index in [2.05, 4.69) is 199 Å². The van der Waals surface area contributed by atoms with Gasteiger partial charge in [-0.25, -0.2) is 0 Å². The second kappa shape index (κ2) is 11.9. The molecule has 1 aliphatic carbocycles. The monoisotopic (exact) mass is 715 g/mol. The SMILES string of the molecule is c1ccc(-c2ccc(C3c4ccccc4-c4cc(-c5ccc6c(c5)c5c7sc8ccccc8c7ccc5n6-c5ccc6ccccc6c5)ccc43)cc2)cc1. The predicted octanol–water partition coefficient (Wildman–Crippen LogP) is 14.8. The van der Waals surface area contributed by atoms with Crippen molar-refractivity contribution in [3.63, 3.8) is 0 Å². The van der Waals surface area contributed by atoms with Gasteiger partial charge in [0.15, 0.2) is 0 Å². The van der Waals surface area contributed by atoms with Crippen LogP contribution in [0.1, 0.15) is 22.6 Å². The third kappa shape index (κ3) is 4.65. The van der Waals surface area contributed by atoms with Crippen LogP contribution >= 0.6 is 11.3 Å². The van der Waals surface area contributed by atoms with E-state index in [1.807, 2.05) is 11.3 Å². The summed E-state index contributed by atoms with van der Waals surface area (Å²) in [5.74, 6) is 0.203. The lowest BCUT2D eigenvalue weighted by Gasteiger charge is -2.15. The molecule has 1 aliphatic rings. The van der Waals surface area contributed by atoms with Gasteiger partial charge in [-0.2, -0.15) is 0 Å². The number of rotatable bonds is 4. The normalized spacial score (nSPS) is 13.6. The number of fused-ring (bicyclic) bond motifs is 11. The van der Waals surface area contributed by atoms with E-state index >= 15 is 0 Å². The maximum absolute atomic E-state index is 2.47. The van der Waals surface area contributed by atoms with Gasteiger partial charge in [-0.05, 0) is 103 Å². The summed E-state index contributed by atoms with van der Waals surface area (Å²) in [6.07, 6.45) is 0. The average molecular weight is 716 g/mol. The van der Waals surface area contributed by atoms with Crippen molar-refractivity contribution in [3.8, 4) is 39.1 Å². The van der Waals surface area contributed by atoms with Crippen molar-refractivity contribution in [1.29, 1.82) is 0 Å². The van der Waals surface area contributed by atoms with Crippen LogP contribution in [0.15, 0.2) is 194 Å². The van der Waals surface area contributed by atoms with E-state index in [4.69, 9.17) is 0 Å². The van der Waals surface area contributed by atoms with Crippen molar-refractivity contribution in [2.24, 2.45) is 0 Å². The smallest absolute Gasteiger partial charge is 0.0555 e. The number of hydrogen-bond acceptors (Lipinski definition) is 1. The van der Waals surface area contributed by atoms with Gasteiger partial charge in [-0.1, -0.05) is 152 Å². The first kappa shape index (κ1) is 30.7. The summed E-state index contributed by atoms with van der Waals surface area (Å²) in [7, 11) is 0. The lowest BCUT2D eigenvalue weighted by atomic mass is 9.88. The minimum Gasteiger partial charge on any atom is -0.309 e. The molecule has 0 bridgehead atoms. The Balaban J connectivity index is 1.04. The third-order valence-corrected chi connectivity index (χ3v) is 13.1. The number of nitrogens with zero attached hydrogens (tertiary/aromatic N) is 1. The lowest BCUT2D eigenvalue weighted by Crippen LogP contribution is -1.99. The first-order valence-electron chi connectivity index (χ1n) is 19.0. The third-order valence-electron chi connectivity index (χ3n) is 11.9. The largest absolute Gasteiger partial charge is 0.309 e. The van der Waals surface area contributed by atoms with Gasteiger partial charge in [-0.3, -0.25) is 0 Å². The zero-order valence-corrected chi connectivity index (χ0v) is 30.7. The second-order valence-corrected chi connectivity index (χ2v) is 15.9. The summed E-state index contributed by atoms with van der Waals surface area (Å²) in [4.78, 5) is 0. The molecule has 0 fully saturated rings. The highest BCUT2D eigenvalue weighted by molar-refractivity contribution is 7.26. The van der Waals surface area contributed by atoms with Crippen LogP contribution in [0, 0.1) is 0 Å². The Morgan fingerprint density at radius 2 is 1.09 bits per heavy atom.